The van der Waals surface area contributed by atoms with E-state index in [1.165, 1.54) is 23.2 Å². The van der Waals surface area contributed by atoms with Gasteiger partial charge in [-0.3, -0.25) is 4.79 Å². The third-order valence-corrected chi connectivity index (χ3v) is 11.2. The Morgan fingerprint density at radius 2 is 1.79 bits per heavy atom. The number of likely N-dealkylation sites (tertiary alicyclic amines) is 2. The highest BCUT2D eigenvalue weighted by Crippen LogP contribution is 2.38. The lowest BCUT2D eigenvalue weighted by Gasteiger charge is -2.42. The lowest BCUT2D eigenvalue weighted by molar-refractivity contribution is -0.144. The van der Waals surface area contributed by atoms with Gasteiger partial charge in [-0.05, 0) is 87.9 Å². The molecule has 0 bridgehead atoms. The number of aryl methyl sites for hydroxylation is 1. The van der Waals surface area contributed by atoms with Crippen LogP contribution in [0.1, 0.15) is 49.7 Å². The van der Waals surface area contributed by atoms with Gasteiger partial charge in [-0.25, -0.2) is 12.8 Å². The number of carbonyl (C=O) groups is 1. The van der Waals surface area contributed by atoms with Gasteiger partial charge in [0.05, 0.1) is 23.8 Å². The minimum absolute atomic E-state index is 0.0755. The molecule has 0 atom stereocenters. The van der Waals surface area contributed by atoms with Crippen LogP contribution in [0.15, 0.2) is 47.4 Å². The maximum atomic E-state index is 14.2. The van der Waals surface area contributed by atoms with Gasteiger partial charge < -0.3 is 19.3 Å². The van der Waals surface area contributed by atoms with Crippen molar-refractivity contribution in [2.24, 2.45) is 0 Å². The maximum Gasteiger partial charge on any atom is 0.248 e. The molecule has 42 heavy (non-hydrogen) atoms. The summed E-state index contributed by atoms with van der Waals surface area (Å²) in [4.78, 5) is 17.3. The van der Waals surface area contributed by atoms with Crippen molar-refractivity contribution in [2.45, 2.75) is 62.0 Å². The van der Waals surface area contributed by atoms with Crippen molar-refractivity contribution in [2.75, 3.05) is 59.1 Å². The molecule has 2 aliphatic heterocycles. The second kappa shape index (κ2) is 13.7. The highest BCUT2D eigenvalue weighted by molar-refractivity contribution is 7.89. The summed E-state index contributed by atoms with van der Waals surface area (Å²) in [6.07, 6.45) is 5.14. The lowest BCUT2D eigenvalue weighted by Crippen LogP contribution is -2.48. The largest absolute Gasteiger partial charge is 0.370 e. The highest BCUT2D eigenvalue weighted by Gasteiger charge is 2.40. The Labute approximate surface area is 253 Å². The minimum Gasteiger partial charge on any atom is -0.370 e. The van der Waals surface area contributed by atoms with Crippen LogP contribution in [-0.2, 0) is 29.9 Å². The zero-order valence-electron chi connectivity index (χ0n) is 24.3. The van der Waals surface area contributed by atoms with E-state index in [1.807, 2.05) is 6.07 Å². The number of hydrogen-bond acceptors (Lipinski definition) is 6. The molecule has 230 valence electrons. The van der Waals surface area contributed by atoms with Crippen LogP contribution < -0.4 is 0 Å². The molecule has 3 aliphatic rings. The van der Waals surface area contributed by atoms with Gasteiger partial charge in [-0.1, -0.05) is 35.9 Å². The molecule has 8 nitrogen and oxygen atoms in total. The Morgan fingerprint density at radius 3 is 2.45 bits per heavy atom. The van der Waals surface area contributed by atoms with E-state index in [9.17, 15) is 17.6 Å². The molecule has 1 aliphatic carbocycles. The van der Waals surface area contributed by atoms with E-state index in [0.717, 1.165) is 38.0 Å². The zero-order valence-corrected chi connectivity index (χ0v) is 25.8. The van der Waals surface area contributed by atoms with Gasteiger partial charge in [0.15, 0.2) is 0 Å². The molecule has 0 N–H and O–H groups in total. The summed E-state index contributed by atoms with van der Waals surface area (Å²) in [6, 6.07) is 11.6. The molecule has 1 saturated carbocycles. The average Bonchev–Trinajstić information content (AvgIpc) is 3.66. The molecule has 11 heteroatoms. The third kappa shape index (κ3) is 7.34. The topological polar surface area (TPSA) is 79.4 Å². The summed E-state index contributed by atoms with van der Waals surface area (Å²) in [5, 5.41) is 0.205. The van der Waals surface area contributed by atoms with Crippen molar-refractivity contribution in [3.8, 4) is 0 Å². The van der Waals surface area contributed by atoms with Crippen molar-refractivity contribution in [3.05, 3.63) is 64.4 Å². The maximum absolute atomic E-state index is 14.2. The van der Waals surface area contributed by atoms with Crippen molar-refractivity contribution >= 4 is 27.5 Å². The van der Waals surface area contributed by atoms with Crippen LogP contribution >= 0.6 is 11.6 Å². The van der Waals surface area contributed by atoms with Crippen molar-refractivity contribution in [1.82, 2.24) is 14.1 Å². The Hall–Kier alpha value is -2.08. The van der Waals surface area contributed by atoms with Gasteiger partial charge in [0, 0.05) is 32.2 Å². The predicted octanol–water partition coefficient (Wildman–Crippen LogP) is 4.59. The zero-order chi connectivity index (χ0) is 29.7. The third-order valence-electron chi connectivity index (χ3n) is 8.63. The van der Waals surface area contributed by atoms with Crippen LogP contribution in [-0.4, -0.2) is 93.6 Å². The summed E-state index contributed by atoms with van der Waals surface area (Å²) < 4.78 is 54.7. The Balaban J connectivity index is 1.14. The van der Waals surface area contributed by atoms with Gasteiger partial charge in [0.2, 0.25) is 15.9 Å². The number of rotatable bonds is 13. The summed E-state index contributed by atoms with van der Waals surface area (Å²) in [7, 11) is -3.79. The van der Waals surface area contributed by atoms with E-state index in [0.29, 0.717) is 38.1 Å². The number of piperidine rings is 1. The molecular weight excluding hydrogens is 581 g/mol. The molecule has 3 fully saturated rings. The fourth-order valence-corrected chi connectivity index (χ4v) is 8.57. The summed E-state index contributed by atoms with van der Waals surface area (Å²) in [5.74, 6) is -0.448. The van der Waals surface area contributed by atoms with Crippen LogP contribution in [0.3, 0.4) is 0 Å². The first kappa shape index (κ1) is 31.3. The van der Waals surface area contributed by atoms with Crippen LogP contribution in [0.2, 0.25) is 5.02 Å². The molecule has 0 spiro atoms. The first-order valence-corrected chi connectivity index (χ1v) is 16.8. The first-order chi connectivity index (χ1) is 20.2. The van der Waals surface area contributed by atoms with Gasteiger partial charge in [-0.15, -0.1) is 0 Å². The van der Waals surface area contributed by atoms with Gasteiger partial charge >= 0.3 is 0 Å². The van der Waals surface area contributed by atoms with Crippen molar-refractivity contribution in [3.63, 3.8) is 0 Å². The second-order valence-electron chi connectivity index (χ2n) is 11.6. The lowest BCUT2D eigenvalue weighted by atomic mass is 9.84. The number of nitrogens with zero attached hydrogens (tertiary/aromatic N) is 3. The average molecular weight is 622 g/mol. The molecule has 0 unspecified atom stereocenters. The van der Waals surface area contributed by atoms with E-state index in [-0.39, 0.29) is 47.4 Å². The molecule has 2 aromatic carbocycles. The fraction of sp³-hybridized carbons (Fsp3) is 0.581. The number of benzene rings is 2. The molecule has 2 saturated heterocycles. The van der Waals surface area contributed by atoms with Gasteiger partial charge in [0.1, 0.15) is 17.3 Å². The number of halogens is 2. The standard InChI is InChI=1S/C31H41ClFN3O5S/c1-24-6-4-9-28(32)30(24)42(38,39)36(27-10-11-27)19-20-40-23-29(37)35-16-12-31(13-17-35,25-7-5-8-26(33)22-25)41-21-18-34-14-2-3-15-34/h4-9,22,27H,2-3,10-21,23H2,1H3. The number of sulfonamides is 1. The Morgan fingerprint density at radius 1 is 1.07 bits per heavy atom. The van der Waals surface area contributed by atoms with Crippen molar-refractivity contribution in [1.29, 1.82) is 0 Å². The predicted molar refractivity (Wildman–Crippen MR) is 159 cm³/mol. The Kier molecular flexibility index (Phi) is 10.2. The Bertz CT molecular complexity index is 1320. The van der Waals surface area contributed by atoms with Gasteiger partial charge in [0.25, 0.3) is 0 Å². The second-order valence-corrected chi connectivity index (χ2v) is 13.8. The number of amides is 1. The van der Waals surface area contributed by atoms with Crippen LogP contribution in [0, 0.1) is 12.7 Å². The van der Waals surface area contributed by atoms with E-state index in [2.05, 4.69) is 4.90 Å². The first-order valence-electron chi connectivity index (χ1n) is 14.9. The SMILES string of the molecule is Cc1cccc(Cl)c1S(=O)(=O)N(CCOCC(=O)N1CCC(OCCN2CCCC2)(c2cccc(F)c2)CC1)C1CC1. The molecule has 1 amide bonds. The number of ether oxygens (including phenoxy) is 2. The molecule has 2 aromatic rings. The van der Waals surface area contributed by atoms with E-state index in [4.69, 9.17) is 21.1 Å². The molecule has 2 heterocycles. The monoisotopic (exact) mass is 621 g/mol. The van der Waals surface area contributed by atoms with Crippen LogP contribution in [0.4, 0.5) is 4.39 Å². The summed E-state index contributed by atoms with van der Waals surface area (Å²) >= 11 is 6.28. The molecule has 0 radical (unpaired) electrons. The molecule has 0 aromatic heterocycles. The van der Waals surface area contributed by atoms with Gasteiger partial charge in [-0.2, -0.15) is 4.31 Å². The minimum atomic E-state index is -3.79. The van der Waals surface area contributed by atoms with Crippen molar-refractivity contribution < 1.29 is 27.1 Å². The fourth-order valence-electron chi connectivity index (χ4n) is 6.11. The summed E-state index contributed by atoms with van der Waals surface area (Å²) in [5.41, 5.74) is 0.765. The number of carbonyl (C=O) groups excluding carboxylic acids is 1. The normalized spacial score (nSPS) is 19.5. The quantitative estimate of drug-likeness (QED) is 0.305. The smallest absolute Gasteiger partial charge is 0.248 e. The van der Waals surface area contributed by atoms with Crippen LogP contribution in [0.25, 0.3) is 0 Å². The highest BCUT2D eigenvalue weighted by atomic mass is 35.5. The van der Waals surface area contributed by atoms with E-state index < -0.39 is 15.6 Å². The summed E-state index contributed by atoms with van der Waals surface area (Å²) in [6.45, 7) is 6.37. The molecule has 5 rings (SSSR count). The number of hydrogen-bond donors (Lipinski definition) is 0. The van der Waals surface area contributed by atoms with Crippen LogP contribution in [0.5, 0.6) is 0 Å². The van der Waals surface area contributed by atoms with E-state index in [1.54, 1.807) is 42.2 Å². The van der Waals surface area contributed by atoms with E-state index >= 15 is 0 Å². The molecular formula is C31H41ClFN3O5S.